The molecule has 1 aromatic carbocycles. The van der Waals surface area contributed by atoms with Crippen LogP contribution < -0.4 is 5.32 Å². The van der Waals surface area contributed by atoms with Crippen LogP contribution in [0.3, 0.4) is 0 Å². The first-order valence-electron chi connectivity index (χ1n) is 12.5. The summed E-state index contributed by atoms with van der Waals surface area (Å²) in [5, 5.41) is 13.0. The molecule has 4 saturated carbocycles. The monoisotopic (exact) mass is 476 g/mol. The van der Waals surface area contributed by atoms with Crippen LogP contribution in [0, 0.1) is 23.2 Å². The number of hydrogen-bond acceptors (Lipinski definition) is 5. The van der Waals surface area contributed by atoms with Crippen LogP contribution in [0.15, 0.2) is 58.3 Å². The summed E-state index contributed by atoms with van der Waals surface area (Å²) < 4.78 is 7.62. The lowest BCUT2D eigenvalue weighted by Gasteiger charge is -2.59. The molecule has 4 aliphatic carbocycles. The molecule has 4 fully saturated rings. The van der Waals surface area contributed by atoms with Crippen molar-refractivity contribution in [3.63, 3.8) is 0 Å². The molecule has 1 atom stereocenters. The van der Waals surface area contributed by atoms with E-state index in [1.807, 2.05) is 47.0 Å². The summed E-state index contributed by atoms with van der Waals surface area (Å²) in [6.45, 7) is 2.76. The van der Waals surface area contributed by atoms with E-state index in [-0.39, 0.29) is 11.9 Å². The molecule has 1 amide bonds. The highest BCUT2D eigenvalue weighted by atomic mass is 32.2. The van der Waals surface area contributed by atoms with E-state index in [0.717, 1.165) is 40.1 Å². The summed E-state index contributed by atoms with van der Waals surface area (Å²) in [4.78, 5) is 13.0. The standard InChI is InChI=1S/C27H32N4O2S/c1-18(27-13-19-10-20(14-27)12-21(11-19)15-27)28-24(32)17-34-26-30-29-25(22-6-3-2-4-7-22)31(26)16-23-8-5-9-33-23/h2-9,18-21H,10-17H2,1H3,(H,28,32). The Labute approximate surface area is 204 Å². The third kappa shape index (κ3) is 4.19. The van der Waals surface area contributed by atoms with Gasteiger partial charge in [-0.1, -0.05) is 42.1 Å². The molecule has 6 nitrogen and oxygen atoms in total. The summed E-state index contributed by atoms with van der Waals surface area (Å²) >= 11 is 1.45. The maximum Gasteiger partial charge on any atom is 0.230 e. The molecular formula is C27H32N4O2S. The molecule has 7 heteroatoms. The minimum atomic E-state index is 0.0852. The second kappa shape index (κ2) is 8.91. The van der Waals surface area contributed by atoms with Crippen LogP contribution in [-0.4, -0.2) is 32.5 Å². The molecule has 0 aliphatic heterocycles. The maximum atomic E-state index is 13.0. The molecule has 7 rings (SSSR count). The largest absolute Gasteiger partial charge is 0.467 e. The fraction of sp³-hybridized carbons (Fsp3) is 0.519. The number of carbonyl (C=O) groups excluding carboxylic acids is 1. The highest BCUT2D eigenvalue weighted by Crippen LogP contribution is 2.61. The van der Waals surface area contributed by atoms with Crippen molar-refractivity contribution in [2.45, 2.75) is 63.2 Å². The molecule has 2 heterocycles. The minimum absolute atomic E-state index is 0.0852. The molecule has 1 unspecified atom stereocenters. The smallest absolute Gasteiger partial charge is 0.230 e. The number of rotatable bonds is 8. The van der Waals surface area contributed by atoms with Crippen LogP contribution in [0.2, 0.25) is 0 Å². The predicted octanol–water partition coefficient (Wildman–Crippen LogP) is 5.40. The Hall–Kier alpha value is -2.54. The number of hydrogen-bond donors (Lipinski definition) is 1. The molecule has 34 heavy (non-hydrogen) atoms. The predicted molar refractivity (Wildman–Crippen MR) is 132 cm³/mol. The van der Waals surface area contributed by atoms with Gasteiger partial charge in [0.15, 0.2) is 11.0 Å². The van der Waals surface area contributed by atoms with Gasteiger partial charge in [-0.3, -0.25) is 9.36 Å². The summed E-state index contributed by atoms with van der Waals surface area (Å²) in [5.74, 6) is 4.69. The van der Waals surface area contributed by atoms with Gasteiger partial charge < -0.3 is 9.73 Å². The highest BCUT2D eigenvalue weighted by Gasteiger charge is 2.53. The number of amides is 1. The normalized spacial score (nSPS) is 28.2. The van der Waals surface area contributed by atoms with Gasteiger partial charge >= 0.3 is 0 Å². The van der Waals surface area contributed by atoms with E-state index in [1.54, 1.807) is 6.26 Å². The number of thioether (sulfide) groups is 1. The van der Waals surface area contributed by atoms with Gasteiger partial charge in [0, 0.05) is 11.6 Å². The van der Waals surface area contributed by atoms with Crippen LogP contribution >= 0.6 is 11.8 Å². The quantitative estimate of drug-likeness (QED) is 0.441. The molecule has 1 N–H and O–H groups in total. The molecule has 3 aromatic rings. The molecule has 0 saturated heterocycles. The van der Waals surface area contributed by atoms with E-state index in [4.69, 9.17) is 4.42 Å². The first-order valence-corrected chi connectivity index (χ1v) is 13.5. The molecule has 4 bridgehead atoms. The Bertz CT molecular complexity index is 1110. The van der Waals surface area contributed by atoms with Gasteiger partial charge in [-0.2, -0.15) is 0 Å². The van der Waals surface area contributed by atoms with Crippen molar-refractivity contribution in [2.75, 3.05) is 5.75 Å². The van der Waals surface area contributed by atoms with Gasteiger partial charge in [-0.25, -0.2) is 0 Å². The van der Waals surface area contributed by atoms with Crippen molar-refractivity contribution in [1.82, 2.24) is 20.1 Å². The van der Waals surface area contributed by atoms with Crippen molar-refractivity contribution in [2.24, 2.45) is 23.2 Å². The Morgan fingerprint density at radius 2 is 1.79 bits per heavy atom. The Morgan fingerprint density at radius 3 is 2.44 bits per heavy atom. The van der Waals surface area contributed by atoms with E-state index in [0.29, 0.717) is 17.7 Å². The van der Waals surface area contributed by atoms with Crippen LogP contribution in [0.4, 0.5) is 0 Å². The van der Waals surface area contributed by atoms with Crippen LogP contribution in [0.25, 0.3) is 11.4 Å². The number of nitrogens with one attached hydrogen (secondary N) is 1. The summed E-state index contributed by atoms with van der Waals surface area (Å²) in [6, 6.07) is 14.1. The molecule has 178 valence electrons. The van der Waals surface area contributed by atoms with Crippen molar-refractivity contribution >= 4 is 17.7 Å². The van der Waals surface area contributed by atoms with Crippen LogP contribution in [-0.2, 0) is 11.3 Å². The maximum absolute atomic E-state index is 13.0. The van der Waals surface area contributed by atoms with E-state index >= 15 is 0 Å². The topological polar surface area (TPSA) is 73.0 Å². The average molecular weight is 477 g/mol. The molecule has 2 aromatic heterocycles. The number of carbonyl (C=O) groups is 1. The van der Waals surface area contributed by atoms with E-state index < -0.39 is 0 Å². The number of benzene rings is 1. The van der Waals surface area contributed by atoms with Gasteiger partial charge in [-0.15, -0.1) is 10.2 Å². The molecule has 0 radical (unpaired) electrons. The average Bonchev–Trinajstić information content (AvgIpc) is 3.48. The third-order valence-corrected chi connectivity index (χ3v) is 9.32. The van der Waals surface area contributed by atoms with Gasteiger partial charge in [-0.05, 0) is 80.8 Å². The summed E-state index contributed by atoms with van der Waals surface area (Å²) in [5.41, 5.74) is 1.31. The van der Waals surface area contributed by atoms with Gasteiger partial charge in [0.25, 0.3) is 0 Å². The van der Waals surface area contributed by atoms with Gasteiger partial charge in [0.1, 0.15) is 5.76 Å². The minimum Gasteiger partial charge on any atom is -0.467 e. The molecule has 4 aliphatic rings. The lowest BCUT2D eigenvalue weighted by atomic mass is 9.48. The second-order valence-electron chi connectivity index (χ2n) is 10.7. The van der Waals surface area contributed by atoms with E-state index in [9.17, 15) is 4.79 Å². The fourth-order valence-corrected chi connectivity index (χ4v) is 7.92. The van der Waals surface area contributed by atoms with Crippen molar-refractivity contribution in [3.8, 4) is 11.4 Å². The Morgan fingerprint density at radius 1 is 1.09 bits per heavy atom. The first-order chi connectivity index (χ1) is 16.6. The molecule has 0 spiro atoms. The zero-order valence-electron chi connectivity index (χ0n) is 19.7. The summed E-state index contributed by atoms with van der Waals surface area (Å²) in [7, 11) is 0. The summed E-state index contributed by atoms with van der Waals surface area (Å²) in [6.07, 6.45) is 9.83. The number of aromatic nitrogens is 3. The zero-order chi connectivity index (χ0) is 23.1. The second-order valence-corrected chi connectivity index (χ2v) is 11.6. The lowest BCUT2D eigenvalue weighted by molar-refractivity contribution is -0.123. The van der Waals surface area contributed by atoms with Gasteiger partial charge in [0.05, 0.1) is 18.6 Å². The fourth-order valence-electron chi connectivity index (χ4n) is 7.17. The van der Waals surface area contributed by atoms with Crippen LogP contribution in [0.5, 0.6) is 0 Å². The molecular weight excluding hydrogens is 444 g/mol. The zero-order valence-corrected chi connectivity index (χ0v) is 20.5. The first kappa shape index (κ1) is 22.0. The number of furan rings is 1. The third-order valence-electron chi connectivity index (χ3n) is 8.36. The van der Waals surface area contributed by atoms with Crippen molar-refractivity contribution in [3.05, 3.63) is 54.5 Å². The van der Waals surface area contributed by atoms with Crippen LogP contribution in [0.1, 0.15) is 51.2 Å². The number of nitrogens with zero attached hydrogens (tertiary/aromatic N) is 3. The lowest BCUT2D eigenvalue weighted by Crippen LogP contribution is -2.56. The Kier molecular flexibility index (Phi) is 5.76. The van der Waals surface area contributed by atoms with E-state index in [1.165, 1.54) is 50.3 Å². The van der Waals surface area contributed by atoms with Gasteiger partial charge in [0.2, 0.25) is 5.91 Å². The van der Waals surface area contributed by atoms with E-state index in [2.05, 4.69) is 22.4 Å². The SMILES string of the molecule is CC(NC(=O)CSc1nnc(-c2ccccc2)n1Cc1ccco1)C12CC3CC(CC(C3)C1)C2. The highest BCUT2D eigenvalue weighted by molar-refractivity contribution is 7.99. The van der Waals surface area contributed by atoms with Crippen molar-refractivity contribution in [1.29, 1.82) is 0 Å². The Balaban J connectivity index is 1.14. The van der Waals surface area contributed by atoms with Crippen molar-refractivity contribution < 1.29 is 9.21 Å².